The van der Waals surface area contributed by atoms with E-state index in [0.29, 0.717) is 16.3 Å². The highest BCUT2D eigenvalue weighted by Gasteiger charge is 2.32. The Kier molecular flexibility index (Phi) is 6.97. The van der Waals surface area contributed by atoms with Crippen LogP contribution in [0.4, 0.5) is 10.7 Å². The van der Waals surface area contributed by atoms with Crippen molar-refractivity contribution in [2.45, 2.75) is 49.2 Å². The molecule has 1 aliphatic heterocycles. The van der Waals surface area contributed by atoms with E-state index in [9.17, 15) is 14.4 Å². The molecule has 7 nitrogen and oxygen atoms in total. The minimum absolute atomic E-state index is 0.147. The Bertz CT molecular complexity index is 1250. The van der Waals surface area contributed by atoms with Gasteiger partial charge >= 0.3 is 5.97 Å². The van der Waals surface area contributed by atoms with E-state index >= 15 is 0 Å². The summed E-state index contributed by atoms with van der Waals surface area (Å²) in [4.78, 5) is 42.8. The molecule has 1 atom stereocenters. The Morgan fingerprint density at radius 2 is 2.00 bits per heavy atom. The molecule has 0 radical (unpaired) electrons. The molecule has 3 aromatic rings. The predicted octanol–water partition coefficient (Wildman–Crippen LogP) is 5.61. The number of rotatable bonds is 6. The Balaban J connectivity index is 1.40. The molecule has 1 aromatic carbocycles. The number of benzene rings is 1. The number of amides is 2. The third-order valence-electron chi connectivity index (χ3n) is 6.15. The second-order valence-electron chi connectivity index (χ2n) is 8.46. The van der Waals surface area contributed by atoms with Gasteiger partial charge in [-0.2, -0.15) is 0 Å². The van der Waals surface area contributed by atoms with Gasteiger partial charge in [0.15, 0.2) is 0 Å². The average molecular weight is 511 g/mol. The number of ether oxygens (including phenoxy) is 1. The molecule has 0 fully saturated rings. The fraction of sp³-hybridized carbons (Fsp3) is 0.346. The lowest BCUT2D eigenvalue weighted by molar-refractivity contribution is -0.121. The smallest absolute Gasteiger partial charge is 0.341 e. The normalized spacial score (nSPS) is 17.3. The lowest BCUT2D eigenvalue weighted by Crippen LogP contribution is -2.38. The van der Waals surface area contributed by atoms with Gasteiger partial charge in [-0.3, -0.25) is 9.59 Å². The van der Waals surface area contributed by atoms with E-state index < -0.39 is 5.97 Å². The molecule has 1 aliphatic carbocycles. The Hall–Kier alpha value is -3.04. The second kappa shape index (κ2) is 10.3. The molecule has 5 rings (SSSR count). The molecule has 0 saturated carbocycles. The van der Waals surface area contributed by atoms with Crippen LogP contribution >= 0.6 is 23.1 Å². The van der Waals surface area contributed by atoms with Gasteiger partial charge in [0.25, 0.3) is 0 Å². The van der Waals surface area contributed by atoms with Crippen LogP contribution in [0.25, 0.3) is 0 Å². The zero-order valence-electron chi connectivity index (χ0n) is 19.4. The topological polar surface area (TPSA) is 88.9 Å². The second-order valence-corrected chi connectivity index (χ2v) is 10.8. The van der Waals surface area contributed by atoms with Crippen molar-refractivity contribution >= 4 is 51.6 Å². The van der Waals surface area contributed by atoms with Crippen LogP contribution in [-0.4, -0.2) is 30.9 Å². The lowest BCUT2D eigenvalue weighted by Gasteiger charge is -2.22. The van der Waals surface area contributed by atoms with Gasteiger partial charge in [-0.05, 0) is 62.4 Å². The summed E-state index contributed by atoms with van der Waals surface area (Å²) in [5.41, 5.74) is 2.16. The van der Waals surface area contributed by atoms with E-state index in [1.807, 2.05) is 36.4 Å². The Morgan fingerprint density at radius 3 is 2.80 bits per heavy atom. The number of nitrogens with zero attached hydrogens (tertiary/aromatic N) is 1. The van der Waals surface area contributed by atoms with Crippen molar-refractivity contribution in [1.82, 2.24) is 0 Å². The highest BCUT2D eigenvalue weighted by molar-refractivity contribution is 7.99. The summed E-state index contributed by atoms with van der Waals surface area (Å²) < 4.78 is 10.9. The van der Waals surface area contributed by atoms with Crippen molar-refractivity contribution in [3.8, 4) is 0 Å². The van der Waals surface area contributed by atoms with Gasteiger partial charge in [0, 0.05) is 16.2 Å². The largest absolute Gasteiger partial charge is 0.468 e. The monoisotopic (exact) mass is 510 g/mol. The number of hydrogen-bond acceptors (Lipinski definition) is 7. The predicted molar refractivity (Wildman–Crippen MR) is 136 cm³/mol. The van der Waals surface area contributed by atoms with Crippen molar-refractivity contribution < 1.29 is 23.5 Å². The number of thiophene rings is 1. The first-order valence-corrected chi connectivity index (χ1v) is 13.5. The van der Waals surface area contributed by atoms with E-state index in [1.54, 1.807) is 24.9 Å². The van der Waals surface area contributed by atoms with E-state index in [-0.39, 0.29) is 36.6 Å². The number of hydrogen-bond donors (Lipinski definition) is 1. The standard InChI is InChI=1S/C26H26N2O5S2/c1-2-32-26(31)24-16-8-3-5-11-19(16)35-25(24)27-22(29)15-28-17-9-4-6-12-20(17)34-21(14-23(28)30)18-10-7-13-33-18/h4,6-7,9-10,12-13,21H,2-3,5,8,11,14-15H2,1H3,(H,27,29). The molecule has 0 bridgehead atoms. The third kappa shape index (κ3) is 4.88. The summed E-state index contributed by atoms with van der Waals surface area (Å²) in [6, 6.07) is 11.3. The maximum absolute atomic E-state index is 13.3. The number of esters is 1. The van der Waals surface area contributed by atoms with Crippen LogP contribution in [0, 0.1) is 0 Å². The number of para-hydroxylation sites is 1. The maximum atomic E-state index is 13.3. The van der Waals surface area contributed by atoms with Gasteiger partial charge in [-0.1, -0.05) is 12.1 Å². The molecule has 0 saturated heterocycles. The molecular weight excluding hydrogens is 484 g/mol. The van der Waals surface area contributed by atoms with Crippen LogP contribution in [0.1, 0.15) is 58.0 Å². The van der Waals surface area contributed by atoms with Gasteiger partial charge in [0.2, 0.25) is 11.8 Å². The summed E-state index contributed by atoms with van der Waals surface area (Å²) in [6.45, 7) is 1.89. The summed E-state index contributed by atoms with van der Waals surface area (Å²) in [5.74, 6) is -0.183. The van der Waals surface area contributed by atoms with Crippen LogP contribution in [0.15, 0.2) is 52.0 Å². The molecule has 1 N–H and O–H groups in total. The number of furan rings is 1. The highest BCUT2D eigenvalue weighted by atomic mass is 32.2. The fourth-order valence-electron chi connectivity index (χ4n) is 4.57. The summed E-state index contributed by atoms with van der Waals surface area (Å²) >= 11 is 3.00. The molecule has 35 heavy (non-hydrogen) atoms. The molecule has 3 heterocycles. The first-order chi connectivity index (χ1) is 17.0. The van der Waals surface area contributed by atoms with Crippen molar-refractivity contribution in [1.29, 1.82) is 0 Å². The quantitative estimate of drug-likeness (QED) is 0.434. The maximum Gasteiger partial charge on any atom is 0.341 e. The van der Waals surface area contributed by atoms with Gasteiger partial charge < -0.3 is 19.4 Å². The third-order valence-corrected chi connectivity index (χ3v) is 8.64. The SMILES string of the molecule is CCOC(=O)c1c(NC(=O)CN2C(=O)CC(c3ccco3)Sc3ccccc32)sc2c1CCCC2. The highest BCUT2D eigenvalue weighted by Crippen LogP contribution is 2.45. The number of nitrogens with one attached hydrogen (secondary N) is 1. The van der Waals surface area contributed by atoms with Crippen molar-refractivity contribution in [3.05, 3.63) is 64.4 Å². The summed E-state index contributed by atoms with van der Waals surface area (Å²) in [7, 11) is 0. The molecule has 9 heteroatoms. The molecule has 2 aliphatic rings. The van der Waals surface area contributed by atoms with Crippen molar-refractivity contribution in [3.63, 3.8) is 0 Å². The van der Waals surface area contributed by atoms with Gasteiger partial charge in [-0.25, -0.2) is 4.79 Å². The minimum Gasteiger partial charge on any atom is -0.468 e. The fourth-order valence-corrected chi connectivity index (χ4v) is 7.10. The number of carbonyl (C=O) groups excluding carboxylic acids is 3. The zero-order chi connectivity index (χ0) is 24.4. The van der Waals surface area contributed by atoms with Crippen LogP contribution in [-0.2, 0) is 27.2 Å². The van der Waals surface area contributed by atoms with E-state index in [1.165, 1.54) is 16.2 Å². The average Bonchev–Trinajstić information content (AvgIpc) is 3.48. The molecular formula is C26H26N2O5S2. The van der Waals surface area contributed by atoms with Crippen LogP contribution in [0.2, 0.25) is 0 Å². The van der Waals surface area contributed by atoms with Crippen LogP contribution < -0.4 is 10.2 Å². The Labute approximate surface area is 211 Å². The molecule has 182 valence electrons. The molecule has 2 amide bonds. The lowest BCUT2D eigenvalue weighted by atomic mass is 9.95. The number of anilines is 2. The number of aryl methyl sites for hydroxylation is 1. The van der Waals surface area contributed by atoms with Gasteiger partial charge in [0.1, 0.15) is 17.3 Å². The van der Waals surface area contributed by atoms with Crippen LogP contribution in [0.5, 0.6) is 0 Å². The van der Waals surface area contributed by atoms with E-state index in [2.05, 4.69) is 5.32 Å². The van der Waals surface area contributed by atoms with Crippen molar-refractivity contribution in [2.24, 2.45) is 0 Å². The summed E-state index contributed by atoms with van der Waals surface area (Å²) in [6.07, 6.45) is 5.59. The minimum atomic E-state index is -0.406. The van der Waals surface area contributed by atoms with Gasteiger partial charge in [0.05, 0.1) is 29.4 Å². The molecule has 2 aromatic heterocycles. The first-order valence-electron chi connectivity index (χ1n) is 11.8. The Morgan fingerprint density at radius 1 is 1.17 bits per heavy atom. The molecule has 1 unspecified atom stereocenters. The first kappa shape index (κ1) is 23.7. The van der Waals surface area contributed by atoms with Crippen molar-refractivity contribution in [2.75, 3.05) is 23.4 Å². The van der Waals surface area contributed by atoms with E-state index in [0.717, 1.165) is 46.8 Å². The molecule has 0 spiro atoms. The van der Waals surface area contributed by atoms with Gasteiger partial charge in [-0.15, -0.1) is 23.1 Å². The number of carbonyl (C=O) groups is 3. The van der Waals surface area contributed by atoms with Crippen LogP contribution in [0.3, 0.4) is 0 Å². The number of thioether (sulfide) groups is 1. The zero-order valence-corrected chi connectivity index (χ0v) is 21.0. The van der Waals surface area contributed by atoms with E-state index in [4.69, 9.17) is 9.15 Å². The number of fused-ring (bicyclic) bond motifs is 2. The summed E-state index contributed by atoms with van der Waals surface area (Å²) in [5, 5.41) is 3.26.